The van der Waals surface area contributed by atoms with Crippen LogP contribution in [-0.2, 0) is 14.3 Å². The number of carbonyl (C=O) groups is 3. The topological polar surface area (TPSA) is 177 Å². The molecule has 0 fully saturated rings. The number of azo groups is 1. The van der Waals surface area contributed by atoms with Gasteiger partial charge in [0.05, 0.1) is 0 Å². The highest BCUT2D eigenvalue weighted by Crippen LogP contribution is 2.08. The smallest absolute Gasteiger partial charge is 0.408 e. The molecule has 0 rings (SSSR count). The summed E-state index contributed by atoms with van der Waals surface area (Å²) in [5.74, 6) is -1.50. The van der Waals surface area contributed by atoms with Gasteiger partial charge in [0.25, 0.3) is 0 Å². The molecule has 5 N–H and O–H groups in total. The molecule has 2 amide bonds. The van der Waals surface area contributed by atoms with Crippen LogP contribution in [0.25, 0.3) is 0 Å². The summed E-state index contributed by atoms with van der Waals surface area (Å²) >= 11 is 0. The standard InChI is InChI=1S/C16H28N6O5/c1-16(2,3)27-15(26)21-11(14(24)25)6-4-5-9-19-13(23)8-7-12(18)22-20-10-17/h10-11,17-18H,4-9H2,1-3H3,(H,19,23)(H,21,26)(H,24,25)/b17-10?,18-12?,22-20-. The second kappa shape index (κ2) is 12.5. The number of hydrogen-bond acceptors (Lipinski definition) is 6. The van der Waals surface area contributed by atoms with E-state index in [1.807, 2.05) is 0 Å². The van der Waals surface area contributed by atoms with Gasteiger partial charge in [0.2, 0.25) is 5.91 Å². The lowest BCUT2D eigenvalue weighted by Crippen LogP contribution is -2.43. The van der Waals surface area contributed by atoms with Gasteiger partial charge in [0.15, 0.2) is 0 Å². The number of aliphatic carboxylic acids is 1. The second-order valence-electron chi connectivity index (χ2n) is 6.67. The largest absolute Gasteiger partial charge is 0.480 e. The predicted molar refractivity (Wildman–Crippen MR) is 98.3 cm³/mol. The van der Waals surface area contributed by atoms with Crippen molar-refractivity contribution in [3.63, 3.8) is 0 Å². The van der Waals surface area contributed by atoms with Gasteiger partial charge in [-0.2, -0.15) is 0 Å². The number of ether oxygens (including phenoxy) is 1. The first-order valence-electron chi connectivity index (χ1n) is 8.51. The van der Waals surface area contributed by atoms with Gasteiger partial charge in [-0.1, -0.05) is 0 Å². The van der Waals surface area contributed by atoms with E-state index in [9.17, 15) is 14.4 Å². The summed E-state index contributed by atoms with van der Waals surface area (Å²) < 4.78 is 5.03. The highest BCUT2D eigenvalue weighted by molar-refractivity contribution is 5.85. The average Bonchev–Trinajstić information content (AvgIpc) is 2.54. The molecule has 0 aromatic heterocycles. The van der Waals surface area contributed by atoms with Gasteiger partial charge in [-0.05, 0) is 40.0 Å². The van der Waals surface area contributed by atoms with E-state index in [0.717, 1.165) is 0 Å². The van der Waals surface area contributed by atoms with Crippen LogP contribution in [0.3, 0.4) is 0 Å². The van der Waals surface area contributed by atoms with E-state index in [0.29, 0.717) is 25.7 Å². The van der Waals surface area contributed by atoms with Crippen LogP contribution in [0.5, 0.6) is 0 Å². The number of rotatable bonds is 11. The predicted octanol–water partition coefficient (Wildman–Crippen LogP) is 2.07. The summed E-state index contributed by atoms with van der Waals surface area (Å²) in [7, 11) is 0. The van der Waals surface area contributed by atoms with Crippen LogP contribution < -0.4 is 10.6 Å². The van der Waals surface area contributed by atoms with Crippen LogP contribution >= 0.6 is 0 Å². The Morgan fingerprint density at radius 2 is 1.89 bits per heavy atom. The average molecular weight is 384 g/mol. The zero-order valence-electron chi connectivity index (χ0n) is 15.9. The molecule has 11 nitrogen and oxygen atoms in total. The molecule has 0 radical (unpaired) electrons. The number of alkyl carbamates (subject to hydrolysis) is 1. The molecule has 0 spiro atoms. The second-order valence-corrected chi connectivity index (χ2v) is 6.67. The van der Waals surface area contributed by atoms with Gasteiger partial charge in [-0.3, -0.25) is 15.6 Å². The van der Waals surface area contributed by atoms with Crippen molar-refractivity contribution in [2.75, 3.05) is 6.54 Å². The molecule has 1 atom stereocenters. The molecular weight excluding hydrogens is 356 g/mol. The normalized spacial score (nSPS) is 12.3. The molecule has 1 unspecified atom stereocenters. The molecular formula is C16H28N6O5. The molecule has 0 aliphatic carbocycles. The molecule has 0 bridgehead atoms. The van der Waals surface area contributed by atoms with Gasteiger partial charge in [0, 0.05) is 19.4 Å². The molecule has 152 valence electrons. The first kappa shape index (κ1) is 24.1. The van der Waals surface area contributed by atoms with E-state index in [4.69, 9.17) is 20.7 Å². The Kier molecular flexibility index (Phi) is 11.2. The summed E-state index contributed by atoms with van der Waals surface area (Å²) in [6, 6.07) is -1.06. The van der Waals surface area contributed by atoms with Gasteiger partial charge in [-0.15, -0.1) is 10.2 Å². The third kappa shape index (κ3) is 14.0. The lowest BCUT2D eigenvalue weighted by molar-refractivity contribution is -0.139. The van der Waals surface area contributed by atoms with Crippen LogP contribution in [-0.4, -0.2) is 53.4 Å². The number of nitrogens with zero attached hydrogens (tertiary/aromatic N) is 2. The minimum atomic E-state index is -1.15. The Morgan fingerprint density at radius 3 is 2.44 bits per heavy atom. The van der Waals surface area contributed by atoms with Crippen molar-refractivity contribution in [1.82, 2.24) is 10.6 Å². The number of carbonyl (C=O) groups excluding carboxylic acids is 2. The Morgan fingerprint density at radius 1 is 1.22 bits per heavy atom. The fourth-order valence-electron chi connectivity index (χ4n) is 1.88. The number of unbranched alkanes of at least 4 members (excludes halogenated alkanes) is 1. The molecule has 0 saturated heterocycles. The number of nitrogens with one attached hydrogen (secondary N) is 4. The molecule has 0 aromatic carbocycles. The minimum Gasteiger partial charge on any atom is -0.480 e. The zero-order chi connectivity index (χ0) is 20.9. The quantitative estimate of drug-likeness (QED) is 0.158. The Hall–Kier alpha value is -2.85. The van der Waals surface area contributed by atoms with E-state index in [1.54, 1.807) is 20.8 Å². The van der Waals surface area contributed by atoms with Crippen molar-refractivity contribution < 1.29 is 24.2 Å². The van der Waals surface area contributed by atoms with Gasteiger partial charge >= 0.3 is 12.1 Å². The molecule has 0 aliphatic rings. The number of carboxylic acid groups (broad SMARTS) is 1. The maximum absolute atomic E-state index is 11.6. The fraction of sp³-hybridized carbons (Fsp3) is 0.688. The number of amides is 2. The van der Waals surface area contributed by atoms with E-state index in [2.05, 4.69) is 20.9 Å². The third-order valence-electron chi connectivity index (χ3n) is 3.06. The van der Waals surface area contributed by atoms with E-state index < -0.39 is 23.7 Å². The molecule has 0 aromatic rings. The SMILES string of the molecule is CC(C)(C)OC(=O)NC(CCCCNC(=O)CCC(=N)/N=N\C=N)C(=O)O. The van der Waals surface area contributed by atoms with Crippen LogP contribution in [0.1, 0.15) is 52.9 Å². The fourth-order valence-corrected chi connectivity index (χ4v) is 1.88. The maximum Gasteiger partial charge on any atom is 0.408 e. The van der Waals surface area contributed by atoms with Crippen molar-refractivity contribution >= 4 is 30.1 Å². The van der Waals surface area contributed by atoms with Crippen molar-refractivity contribution in [2.45, 2.75) is 64.5 Å². The highest BCUT2D eigenvalue weighted by Gasteiger charge is 2.23. The lowest BCUT2D eigenvalue weighted by atomic mass is 10.1. The summed E-state index contributed by atoms with van der Waals surface area (Å²) in [4.78, 5) is 34.5. The van der Waals surface area contributed by atoms with E-state index in [-0.39, 0.29) is 31.0 Å². The minimum absolute atomic E-state index is 0.0772. The van der Waals surface area contributed by atoms with Crippen molar-refractivity contribution in [3.05, 3.63) is 0 Å². The van der Waals surface area contributed by atoms with Gasteiger partial charge in [0.1, 0.15) is 23.8 Å². The third-order valence-corrected chi connectivity index (χ3v) is 3.06. The van der Waals surface area contributed by atoms with E-state index >= 15 is 0 Å². The van der Waals surface area contributed by atoms with Gasteiger partial charge in [-0.25, -0.2) is 9.59 Å². The number of amidine groups is 1. The Bertz CT molecular complexity index is 570. The van der Waals surface area contributed by atoms with Crippen molar-refractivity contribution in [3.8, 4) is 0 Å². The Labute approximate surface area is 158 Å². The van der Waals surface area contributed by atoms with Crippen molar-refractivity contribution in [2.24, 2.45) is 10.2 Å². The number of hydrogen-bond donors (Lipinski definition) is 5. The zero-order valence-corrected chi connectivity index (χ0v) is 15.9. The number of carboxylic acids is 1. The van der Waals surface area contributed by atoms with Crippen LogP contribution in [0.4, 0.5) is 4.79 Å². The van der Waals surface area contributed by atoms with Crippen LogP contribution in [0.2, 0.25) is 0 Å². The monoisotopic (exact) mass is 384 g/mol. The molecule has 0 saturated carbocycles. The van der Waals surface area contributed by atoms with E-state index in [1.165, 1.54) is 0 Å². The summed E-state index contributed by atoms with van der Waals surface area (Å²) in [6.07, 6.45) is 1.34. The lowest BCUT2D eigenvalue weighted by Gasteiger charge is -2.22. The van der Waals surface area contributed by atoms with Crippen LogP contribution in [0, 0.1) is 10.8 Å². The summed E-state index contributed by atoms with van der Waals surface area (Å²) in [5.41, 5.74) is -0.714. The first-order valence-corrected chi connectivity index (χ1v) is 8.51. The molecule has 0 heterocycles. The molecule has 0 aliphatic heterocycles. The summed E-state index contributed by atoms with van der Waals surface area (Å²) in [5, 5.41) is 34.8. The van der Waals surface area contributed by atoms with Crippen molar-refractivity contribution in [1.29, 1.82) is 10.8 Å². The summed E-state index contributed by atoms with van der Waals surface area (Å²) in [6.45, 7) is 5.41. The van der Waals surface area contributed by atoms with Crippen LogP contribution in [0.15, 0.2) is 10.2 Å². The Balaban J connectivity index is 4.04. The highest BCUT2D eigenvalue weighted by atomic mass is 16.6. The maximum atomic E-state index is 11.6. The van der Waals surface area contributed by atoms with Gasteiger partial charge < -0.3 is 20.5 Å². The first-order chi connectivity index (χ1) is 12.5. The molecule has 27 heavy (non-hydrogen) atoms. The molecule has 11 heteroatoms.